The zero-order valence-corrected chi connectivity index (χ0v) is 13.8. The average molecular weight is 337 g/mol. The van der Waals surface area contributed by atoms with E-state index < -0.39 is 0 Å². The highest BCUT2D eigenvalue weighted by molar-refractivity contribution is 5.92. The van der Waals surface area contributed by atoms with Crippen molar-refractivity contribution in [2.24, 2.45) is 28.1 Å². The zero-order chi connectivity index (χ0) is 18.2. The largest absolute Gasteiger partial charge is 0.702 e. The fourth-order valence-electron chi connectivity index (χ4n) is 2.07. The standard InChI is InChI=1S/C18H21N6O/c19-8-7-12-1-5-14(6-2-12)25-15(11-20)9-17(22)24-18(23)10-16(21)13-3-4-13/h1-2,5-6,9-11,13,20H,3-4,7,21-22H2,(H2,23,24)/q-1/b15-11+,16-10-,17-9+. The fourth-order valence-corrected chi connectivity index (χ4v) is 2.07. The first-order chi connectivity index (χ1) is 12.0. The molecule has 0 aromatic heterocycles. The molecule has 1 aliphatic carbocycles. The first-order valence-electron chi connectivity index (χ1n) is 7.81. The number of aliphatic imine (C=N–C) groups is 1. The van der Waals surface area contributed by atoms with Gasteiger partial charge in [0, 0.05) is 11.8 Å². The third kappa shape index (κ3) is 5.95. The van der Waals surface area contributed by atoms with Crippen LogP contribution in [-0.4, -0.2) is 5.84 Å². The lowest BCUT2D eigenvalue weighted by molar-refractivity contribution is 0.443. The number of hydrogen-bond donors (Lipinski definition) is 3. The van der Waals surface area contributed by atoms with Crippen LogP contribution in [0, 0.1) is 17.2 Å². The summed E-state index contributed by atoms with van der Waals surface area (Å²) in [4.78, 5) is 4.03. The minimum Gasteiger partial charge on any atom is -0.702 e. The van der Waals surface area contributed by atoms with Gasteiger partial charge in [0.05, 0.1) is 12.5 Å². The van der Waals surface area contributed by atoms with Crippen molar-refractivity contribution >= 4 is 5.84 Å². The van der Waals surface area contributed by atoms with Gasteiger partial charge in [0.1, 0.15) is 23.2 Å². The van der Waals surface area contributed by atoms with Crippen LogP contribution in [0.3, 0.4) is 0 Å². The van der Waals surface area contributed by atoms with Crippen molar-refractivity contribution in [2.45, 2.75) is 19.3 Å². The molecular formula is C18H21N6O-. The van der Waals surface area contributed by atoms with Crippen molar-refractivity contribution < 1.29 is 4.74 Å². The van der Waals surface area contributed by atoms with Crippen molar-refractivity contribution in [3.05, 3.63) is 71.2 Å². The topological polar surface area (TPSA) is 147 Å². The number of hydrogen-bond acceptors (Lipinski definition) is 5. The summed E-state index contributed by atoms with van der Waals surface area (Å²) < 4.78 is 5.56. The zero-order valence-electron chi connectivity index (χ0n) is 13.8. The molecule has 7 nitrogen and oxygen atoms in total. The molecule has 0 saturated heterocycles. The maximum atomic E-state index is 8.66. The molecule has 7 N–H and O–H groups in total. The Morgan fingerprint density at radius 3 is 2.48 bits per heavy atom. The molecule has 0 bridgehead atoms. The number of amidine groups is 1. The highest BCUT2D eigenvalue weighted by Crippen LogP contribution is 2.33. The summed E-state index contributed by atoms with van der Waals surface area (Å²) in [6.07, 6.45) is 6.53. The van der Waals surface area contributed by atoms with Gasteiger partial charge < -0.3 is 27.7 Å². The van der Waals surface area contributed by atoms with Crippen molar-refractivity contribution in [1.82, 2.24) is 0 Å². The molecule has 0 radical (unpaired) electrons. The van der Waals surface area contributed by atoms with Gasteiger partial charge in [-0.1, -0.05) is 12.1 Å². The highest BCUT2D eigenvalue weighted by atomic mass is 16.5. The Kier molecular flexibility index (Phi) is 6.07. The molecule has 1 fully saturated rings. The van der Waals surface area contributed by atoms with Gasteiger partial charge in [-0.25, -0.2) is 4.99 Å². The summed E-state index contributed by atoms with van der Waals surface area (Å²) in [5.74, 6) is 1.45. The van der Waals surface area contributed by atoms with Crippen molar-refractivity contribution in [3.8, 4) is 11.8 Å². The van der Waals surface area contributed by atoms with Crippen LogP contribution in [0.1, 0.15) is 18.4 Å². The van der Waals surface area contributed by atoms with Crippen LogP contribution in [0.15, 0.2) is 64.9 Å². The molecule has 0 atom stereocenters. The van der Waals surface area contributed by atoms with Gasteiger partial charge in [-0.05, 0) is 42.5 Å². The van der Waals surface area contributed by atoms with E-state index in [1.807, 2.05) is 0 Å². The van der Waals surface area contributed by atoms with Crippen LogP contribution in [0.2, 0.25) is 0 Å². The van der Waals surface area contributed by atoms with Gasteiger partial charge in [0.2, 0.25) is 0 Å². The van der Waals surface area contributed by atoms with E-state index in [-0.39, 0.29) is 17.4 Å². The first-order valence-corrected chi connectivity index (χ1v) is 7.81. The normalized spacial score (nSPS) is 16.4. The Labute approximate surface area is 146 Å². The van der Waals surface area contributed by atoms with E-state index in [9.17, 15) is 0 Å². The predicted molar refractivity (Wildman–Crippen MR) is 97.7 cm³/mol. The predicted octanol–water partition coefficient (Wildman–Crippen LogP) is 2.43. The third-order valence-electron chi connectivity index (χ3n) is 3.50. The van der Waals surface area contributed by atoms with Crippen LogP contribution in [0.25, 0.3) is 5.73 Å². The van der Waals surface area contributed by atoms with Crippen LogP contribution in [-0.2, 0) is 6.42 Å². The van der Waals surface area contributed by atoms with Gasteiger partial charge in [0.25, 0.3) is 0 Å². The molecule has 1 saturated carbocycles. The molecule has 2 rings (SSSR count). The van der Waals surface area contributed by atoms with Crippen LogP contribution >= 0.6 is 0 Å². The third-order valence-corrected chi connectivity index (χ3v) is 3.50. The number of nitrogens with one attached hydrogen (secondary N) is 1. The molecule has 0 unspecified atom stereocenters. The molecule has 1 aliphatic rings. The first kappa shape index (κ1) is 17.9. The molecule has 0 aliphatic heterocycles. The smallest absolute Gasteiger partial charge is 0.129 e. The van der Waals surface area contributed by atoms with E-state index in [1.54, 1.807) is 30.3 Å². The van der Waals surface area contributed by atoms with Gasteiger partial charge >= 0.3 is 0 Å². The number of rotatable bonds is 7. The molecule has 0 heterocycles. The SMILES string of the molecule is N#CCc1ccc(OC(/C=C(N)/N=C(N)/C=C(\N)C2CC2)=C/[NH-])cc1. The second-order valence-corrected chi connectivity index (χ2v) is 5.65. The average Bonchev–Trinajstić information content (AvgIpc) is 3.41. The number of nitriles is 1. The molecule has 0 spiro atoms. The summed E-state index contributed by atoms with van der Waals surface area (Å²) >= 11 is 0. The molecule has 1 aromatic carbocycles. The number of ether oxygens (including phenoxy) is 1. The minimum atomic E-state index is 0.108. The van der Waals surface area contributed by atoms with E-state index in [0.29, 0.717) is 23.8 Å². The van der Waals surface area contributed by atoms with Gasteiger partial charge in [-0.2, -0.15) is 5.26 Å². The number of nitrogens with zero attached hydrogens (tertiary/aromatic N) is 2. The van der Waals surface area contributed by atoms with Gasteiger partial charge in [-0.3, -0.25) is 0 Å². The highest BCUT2D eigenvalue weighted by Gasteiger charge is 2.23. The molecule has 0 amide bonds. The fraction of sp³-hybridized carbons (Fsp3) is 0.222. The molecule has 130 valence electrons. The van der Waals surface area contributed by atoms with E-state index >= 15 is 0 Å². The molecular weight excluding hydrogens is 316 g/mol. The number of nitrogens with two attached hydrogens (primary N) is 3. The van der Waals surface area contributed by atoms with Crippen molar-refractivity contribution in [3.63, 3.8) is 0 Å². The molecule has 25 heavy (non-hydrogen) atoms. The minimum absolute atomic E-state index is 0.108. The quantitative estimate of drug-likeness (QED) is 0.302. The maximum absolute atomic E-state index is 8.66. The van der Waals surface area contributed by atoms with Gasteiger partial charge in [0.15, 0.2) is 0 Å². The Balaban J connectivity index is 2.03. The van der Waals surface area contributed by atoms with E-state index in [0.717, 1.165) is 24.6 Å². The summed E-state index contributed by atoms with van der Waals surface area (Å²) in [5.41, 5.74) is 26.5. The van der Waals surface area contributed by atoms with Crippen molar-refractivity contribution in [1.29, 1.82) is 5.26 Å². The Morgan fingerprint density at radius 1 is 1.24 bits per heavy atom. The second kappa shape index (κ2) is 8.45. The lowest BCUT2D eigenvalue weighted by Crippen LogP contribution is -2.14. The van der Waals surface area contributed by atoms with Crippen LogP contribution < -0.4 is 21.9 Å². The van der Waals surface area contributed by atoms with Gasteiger partial charge in [-0.15, -0.1) is 6.20 Å². The maximum Gasteiger partial charge on any atom is 0.129 e. The molecule has 1 aromatic rings. The number of allylic oxidation sites excluding steroid dienone is 2. The Bertz CT molecular complexity index is 764. The Morgan fingerprint density at radius 2 is 1.92 bits per heavy atom. The number of benzene rings is 1. The van der Waals surface area contributed by atoms with Crippen LogP contribution in [0.5, 0.6) is 5.75 Å². The summed E-state index contributed by atoms with van der Waals surface area (Å²) in [5, 5.41) is 8.66. The summed E-state index contributed by atoms with van der Waals surface area (Å²) in [7, 11) is 0. The monoisotopic (exact) mass is 337 g/mol. The van der Waals surface area contributed by atoms with Crippen molar-refractivity contribution in [2.75, 3.05) is 0 Å². The van der Waals surface area contributed by atoms with E-state index in [4.69, 9.17) is 32.9 Å². The van der Waals surface area contributed by atoms with E-state index in [1.165, 1.54) is 6.08 Å². The van der Waals surface area contributed by atoms with E-state index in [2.05, 4.69) is 11.1 Å². The van der Waals surface area contributed by atoms with Crippen LogP contribution in [0.4, 0.5) is 0 Å². The summed E-state index contributed by atoms with van der Waals surface area (Å²) in [6.45, 7) is 0. The lowest BCUT2D eigenvalue weighted by Gasteiger charge is -2.09. The second-order valence-electron chi connectivity index (χ2n) is 5.65. The Hall–Kier alpha value is -3.40. The molecule has 7 heteroatoms. The summed E-state index contributed by atoms with van der Waals surface area (Å²) in [6, 6.07) is 9.09. The lowest BCUT2D eigenvalue weighted by atomic mass is 10.2.